The molecule has 1 aromatic carbocycles. The van der Waals surface area contributed by atoms with Crippen LogP contribution in [0.4, 0.5) is 18.0 Å². The molecule has 2 aromatic rings. The molecule has 10 heteroatoms. The van der Waals surface area contributed by atoms with E-state index in [0.717, 1.165) is 0 Å². The molecule has 156 valence electrons. The Bertz CT molecular complexity index is 982. The fourth-order valence-electron chi connectivity index (χ4n) is 3.12. The first-order chi connectivity index (χ1) is 13.5. The van der Waals surface area contributed by atoms with Crippen LogP contribution in [-0.2, 0) is 17.8 Å². The summed E-state index contributed by atoms with van der Waals surface area (Å²) in [6.07, 6.45) is -0.219. The molecule has 0 atom stereocenters. The van der Waals surface area contributed by atoms with E-state index < -0.39 is 35.1 Å². The van der Waals surface area contributed by atoms with Crippen LogP contribution in [0.5, 0.6) is 0 Å². The van der Waals surface area contributed by atoms with Gasteiger partial charge < -0.3 is 19.3 Å². The second-order valence-corrected chi connectivity index (χ2v) is 7.69. The lowest BCUT2D eigenvalue weighted by atomic mass is 10.2. The van der Waals surface area contributed by atoms with Gasteiger partial charge in [0, 0.05) is 19.2 Å². The summed E-state index contributed by atoms with van der Waals surface area (Å²) >= 11 is 0. The molecule has 0 spiro atoms. The van der Waals surface area contributed by atoms with Crippen molar-refractivity contribution in [2.75, 3.05) is 6.54 Å². The largest absolute Gasteiger partial charge is 0.476 e. The second-order valence-electron chi connectivity index (χ2n) is 7.69. The van der Waals surface area contributed by atoms with Crippen LogP contribution in [0.2, 0.25) is 0 Å². The highest BCUT2D eigenvalue weighted by atomic mass is 19.2. The number of benzene rings is 1. The zero-order valence-electron chi connectivity index (χ0n) is 16.1. The molecule has 1 aliphatic rings. The van der Waals surface area contributed by atoms with E-state index in [2.05, 4.69) is 4.98 Å². The van der Waals surface area contributed by atoms with Crippen molar-refractivity contribution in [3.05, 3.63) is 41.0 Å². The van der Waals surface area contributed by atoms with Gasteiger partial charge in [0.15, 0.2) is 17.3 Å². The van der Waals surface area contributed by atoms with E-state index in [0.29, 0.717) is 18.6 Å². The molecule has 2 heterocycles. The predicted molar refractivity (Wildman–Crippen MR) is 95.8 cm³/mol. The van der Waals surface area contributed by atoms with Crippen LogP contribution in [0.25, 0.3) is 11.4 Å². The summed E-state index contributed by atoms with van der Waals surface area (Å²) in [6, 6.07) is 1.03. The molecule has 29 heavy (non-hydrogen) atoms. The van der Waals surface area contributed by atoms with Crippen LogP contribution >= 0.6 is 0 Å². The number of carbonyl (C=O) groups is 2. The molecule has 3 rings (SSSR count). The number of carbonyl (C=O) groups excluding carboxylic acids is 1. The van der Waals surface area contributed by atoms with Gasteiger partial charge in [-0.2, -0.15) is 0 Å². The Labute approximate surface area is 164 Å². The van der Waals surface area contributed by atoms with Crippen molar-refractivity contribution >= 4 is 12.1 Å². The van der Waals surface area contributed by atoms with Gasteiger partial charge in [0.1, 0.15) is 17.2 Å². The smallest absolute Gasteiger partial charge is 0.410 e. The molecular weight excluding hydrogens is 391 g/mol. The van der Waals surface area contributed by atoms with Crippen molar-refractivity contribution in [1.29, 1.82) is 0 Å². The molecule has 1 N–H and O–H groups in total. The minimum absolute atomic E-state index is 0.130. The van der Waals surface area contributed by atoms with Crippen molar-refractivity contribution in [3.63, 3.8) is 0 Å². The molecular formula is C19H20F3N3O4. The van der Waals surface area contributed by atoms with E-state index >= 15 is 0 Å². The lowest BCUT2D eigenvalue weighted by molar-refractivity contribution is 0.0234. The Kier molecular flexibility index (Phi) is 5.29. The molecule has 1 aliphatic heterocycles. The van der Waals surface area contributed by atoms with Crippen molar-refractivity contribution in [3.8, 4) is 11.4 Å². The Morgan fingerprint density at radius 2 is 1.76 bits per heavy atom. The van der Waals surface area contributed by atoms with Gasteiger partial charge in [-0.15, -0.1) is 0 Å². The van der Waals surface area contributed by atoms with Crippen LogP contribution in [-0.4, -0.2) is 43.8 Å². The van der Waals surface area contributed by atoms with Crippen LogP contribution in [0, 0.1) is 17.5 Å². The van der Waals surface area contributed by atoms with Gasteiger partial charge in [-0.3, -0.25) is 0 Å². The number of ether oxygens (including phenoxy) is 1. The monoisotopic (exact) mass is 411 g/mol. The highest BCUT2D eigenvalue weighted by Crippen LogP contribution is 2.30. The maximum atomic E-state index is 14.3. The summed E-state index contributed by atoms with van der Waals surface area (Å²) in [5.41, 5.74) is -1.33. The van der Waals surface area contributed by atoms with Crippen molar-refractivity contribution in [2.45, 2.75) is 45.9 Å². The number of rotatable bonds is 2. The number of amides is 1. The number of imidazole rings is 1. The SMILES string of the molecule is CC(C)(C)OC(=O)N1CCCn2c(-c3cc(F)c(F)cc3F)nc(C(=O)O)c2C1. The standard InChI is InChI=1S/C19H20F3N3O4/c1-19(2,3)29-18(28)24-5-4-6-25-14(9-24)15(17(26)27)23-16(25)10-7-12(21)13(22)8-11(10)20/h7-8H,4-6,9H2,1-3H3,(H,26,27). The maximum absolute atomic E-state index is 14.3. The van der Waals surface area contributed by atoms with E-state index in [1.54, 1.807) is 20.8 Å². The van der Waals surface area contributed by atoms with E-state index in [9.17, 15) is 27.9 Å². The number of aromatic nitrogens is 2. The van der Waals surface area contributed by atoms with E-state index in [4.69, 9.17) is 4.74 Å². The molecule has 0 radical (unpaired) electrons. The van der Waals surface area contributed by atoms with E-state index in [-0.39, 0.29) is 42.4 Å². The number of fused-ring (bicyclic) bond motifs is 1. The summed E-state index contributed by atoms with van der Waals surface area (Å²) in [5.74, 6) is -5.22. The number of aromatic carboxylic acids is 1. The number of hydrogen-bond donors (Lipinski definition) is 1. The Hall–Kier alpha value is -3.04. The molecule has 0 fully saturated rings. The van der Waals surface area contributed by atoms with Gasteiger partial charge in [-0.1, -0.05) is 0 Å². The number of carboxylic acid groups (broad SMARTS) is 1. The predicted octanol–water partition coefficient (Wildman–Crippen LogP) is 3.81. The molecule has 0 saturated heterocycles. The molecule has 0 bridgehead atoms. The average Bonchev–Trinajstić information content (AvgIpc) is 2.80. The third-order valence-electron chi connectivity index (χ3n) is 4.33. The highest BCUT2D eigenvalue weighted by Gasteiger charge is 2.31. The molecule has 1 aromatic heterocycles. The lowest BCUT2D eigenvalue weighted by Crippen LogP contribution is -2.36. The van der Waals surface area contributed by atoms with Crippen LogP contribution in [0.1, 0.15) is 43.4 Å². The van der Waals surface area contributed by atoms with E-state index in [1.165, 1.54) is 9.47 Å². The third-order valence-corrected chi connectivity index (χ3v) is 4.33. The number of halogens is 3. The third kappa shape index (κ3) is 4.20. The normalized spacial score (nSPS) is 14.3. The zero-order chi connectivity index (χ0) is 21.5. The maximum Gasteiger partial charge on any atom is 0.410 e. The number of nitrogens with zero attached hydrogens (tertiary/aromatic N) is 3. The fraction of sp³-hybridized carbons (Fsp3) is 0.421. The van der Waals surface area contributed by atoms with Crippen molar-refractivity contribution in [2.24, 2.45) is 0 Å². The van der Waals surface area contributed by atoms with Crippen LogP contribution in [0.15, 0.2) is 12.1 Å². The minimum atomic E-state index is -1.38. The zero-order valence-corrected chi connectivity index (χ0v) is 16.1. The summed E-state index contributed by atoms with van der Waals surface area (Å²) in [7, 11) is 0. The summed E-state index contributed by atoms with van der Waals surface area (Å²) in [5, 5.41) is 9.53. The van der Waals surface area contributed by atoms with Gasteiger partial charge in [0.2, 0.25) is 0 Å². The second kappa shape index (κ2) is 7.41. The minimum Gasteiger partial charge on any atom is -0.476 e. The molecule has 7 nitrogen and oxygen atoms in total. The first-order valence-corrected chi connectivity index (χ1v) is 8.93. The van der Waals surface area contributed by atoms with Gasteiger partial charge in [-0.05, 0) is 33.3 Å². The Balaban J connectivity index is 2.07. The lowest BCUT2D eigenvalue weighted by Gasteiger charge is -2.26. The van der Waals surface area contributed by atoms with Crippen LogP contribution < -0.4 is 0 Å². The van der Waals surface area contributed by atoms with Crippen molar-refractivity contribution in [1.82, 2.24) is 14.5 Å². The van der Waals surface area contributed by atoms with Gasteiger partial charge in [0.25, 0.3) is 0 Å². The van der Waals surface area contributed by atoms with E-state index in [1.807, 2.05) is 0 Å². The summed E-state index contributed by atoms with van der Waals surface area (Å²) in [4.78, 5) is 29.4. The first-order valence-electron chi connectivity index (χ1n) is 8.93. The molecule has 0 aliphatic carbocycles. The van der Waals surface area contributed by atoms with Gasteiger partial charge >= 0.3 is 12.1 Å². The van der Waals surface area contributed by atoms with Crippen molar-refractivity contribution < 1.29 is 32.6 Å². The van der Waals surface area contributed by atoms with Gasteiger partial charge in [-0.25, -0.2) is 27.7 Å². The average molecular weight is 411 g/mol. The van der Waals surface area contributed by atoms with Gasteiger partial charge in [0.05, 0.1) is 17.8 Å². The molecule has 0 unspecified atom stereocenters. The van der Waals surface area contributed by atoms with Crippen LogP contribution in [0.3, 0.4) is 0 Å². The first kappa shape index (κ1) is 20.7. The number of hydrogen-bond acceptors (Lipinski definition) is 4. The summed E-state index contributed by atoms with van der Waals surface area (Å²) in [6.45, 7) is 5.48. The highest BCUT2D eigenvalue weighted by molar-refractivity contribution is 5.88. The Morgan fingerprint density at radius 3 is 2.38 bits per heavy atom. The number of carboxylic acids is 1. The topological polar surface area (TPSA) is 84.7 Å². The summed E-state index contributed by atoms with van der Waals surface area (Å²) < 4.78 is 48.0. The molecule has 0 saturated carbocycles. The quantitative estimate of drug-likeness (QED) is 0.760. The fourth-order valence-corrected chi connectivity index (χ4v) is 3.12. The Morgan fingerprint density at radius 1 is 1.10 bits per heavy atom. The molecule has 1 amide bonds.